The lowest BCUT2D eigenvalue weighted by atomic mass is 9.86. The summed E-state index contributed by atoms with van der Waals surface area (Å²) in [4.78, 5) is 0. The summed E-state index contributed by atoms with van der Waals surface area (Å²) in [5, 5.41) is -0.775. The van der Waals surface area contributed by atoms with E-state index >= 15 is 0 Å². The molecule has 3 nitrogen and oxygen atoms in total. The average Bonchev–Trinajstić information content (AvgIpc) is 2.74. The Morgan fingerprint density at radius 1 is 0.645 bits per heavy atom. The largest absolute Gasteiger partial charge is 0.522 e. The van der Waals surface area contributed by atoms with E-state index in [1.54, 1.807) is 0 Å². The smallest absolute Gasteiger partial charge is 0.315 e. The first-order chi connectivity index (χ1) is 14.7. The van der Waals surface area contributed by atoms with E-state index in [1.807, 2.05) is 91.0 Å². The third-order valence-electron chi connectivity index (χ3n) is 5.07. The minimum atomic E-state index is -5.65. The first kappa shape index (κ1) is 23.2. The van der Waals surface area contributed by atoms with Crippen LogP contribution in [-0.4, -0.2) is 23.7 Å². The van der Waals surface area contributed by atoms with Gasteiger partial charge < -0.3 is 3.87 Å². The zero-order valence-electron chi connectivity index (χ0n) is 16.8. The van der Waals surface area contributed by atoms with Gasteiger partial charge in [-0.1, -0.05) is 91.0 Å². The van der Waals surface area contributed by atoms with E-state index in [9.17, 15) is 21.6 Å². The van der Waals surface area contributed by atoms with Crippen molar-refractivity contribution >= 4 is 19.9 Å². The monoisotopic (exact) mass is 464 g/mol. The fourth-order valence-electron chi connectivity index (χ4n) is 3.70. The Kier molecular flexibility index (Phi) is 7.35. The van der Waals surface area contributed by atoms with Gasteiger partial charge in [0.1, 0.15) is 0 Å². The second-order valence-electron chi connectivity index (χ2n) is 7.65. The minimum Gasteiger partial charge on any atom is -0.315 e. The molecule has 3 rings (SSSR count). The van der Waals surface area contributed by atoms with E-state index in [0.717, 1.165) is 16.7 Å². The Morgan fingerprint density at radius 2 is 0.968 bits per heavy atom. The fourth-order valence-corrected chi connectivity index (χ4v) is 7.02. The number of benzene rings is 3. The fraction of sp³-hybridized carbons (Fsp3) is 0.217. The highest BCUT2D eigenvalue weighted by Crippen LogP contribution is 2.40. The first-order valence-electron chi connectivity index (χ1n) is 9.77. The van der Waals surface area contributed by atoms with Crippen molar-refractivity contribution < 1.29 is 25.5 Å². The molecule has 3 aromatic carbocycles. The van der Waals surface area contributed by atoms with Crippen LogP contribution in [0.3, 0.4) is 0 Å². The standard InChI is InChI=1S/C23H23F3O3SSi/c24-23(25,26)30(27,28)29-31-22(16-19-10-4-1-5-11-19,17-20-12-6-2-7-13-20)18-21-14-8-3-9-15-21/h1-15H,16-18,31H2. The maximum absolute atomic E-state index is 13.0. The van der Waals surface area contributed by atoms with Gasteiger partial charge in [0, 0.05) is 0 Å². The van der Waals surface area contributed by atoms with Crippen molar-refractivity contribution in [2.75, 3.05) is 0 Å². The van der Waals surface area contributed by atoms with Gasteiger partial charge in [-0.05, 0) is 41.0 Å². The summed E-state index contributed by atoms with van der Waals surface area (Å²) in [6, 6.07) is 28.2. The van der Waals surface area contributed by atoms with Crippen molar-refractivity contribution in [3.8, 4) is 0 Å². The zero-order chi connectivity index (χ0) is 22.4. The first-order valence-corrected chi connectivity index (χ1v) is 12.5. The number of rotatable bonds is 9. The Labute approximate surface area is 183 Å². The van der Waals surface area contributed by atoms with Crippen LogP contribution in [0.15, 0.2) is 91.0 Å². The van der Waals surface area contributed by atoms with Gasteiger partial charge >= 0.3 is 15.6 Å². The van der Waals surface area contributed by atoms with E-state index in [0.29, 0.717) is 19.3 Å². The van der Waals surface area contributed by atoms with Gasteiger partial charge in [0.15, 0.2) is 9.76 Å². The summed E-state index contributed by atoms with van der Waals surface area (Å²) in [6.07, 6.45) is 1.24. The molecule has 0 fully saturated rings. The van der Waals surface area contributed by atoms with Crippen molar-refractivity contribution in [2.24, 2.45) is 0 Å². The summed E-state index contributed by atoms with van der Waals surface area (Å²) in [7, 11) is -7.85. The molecule has 0 atom stereocenters. The van der Waals surface area contributed by atoms with Crippen molar-refractivity contribution in [1.29, 1.82) is 0 Å². The van der Waals surface area contributed by atoms with Crippen LogP contribution < -0.4 is 0 Å². The van der Waals surface area contributed by atoms with Crippen LogP contribution >= 0.6 is 0 Å². The number of hydrogen-bond donors (Lipinski definition) is 0. The molecule has 0 saturated heterocycles. The molecule has 0 aliphatic heterocycles. The quantitative estimate of drug-likeness (QED) is 0.337. The SMILES string of the molecule is O=S(=O)(O[SiH2]C(Cc1ccccc1)(Cc1ccccc1)Cc1ccccc1)C(F)(F)F. The molecule has 3 aromatic rings. The Hall–Kier alpha value is -2.42. The van der Waals surface area contributed by atoms with E-state index in [2.05, 4.69) is 0 Å². The number of alkyl halides is 3. The molecule has 0 aliphatic carbocycles. The summed E-state index contributed by atoms with van der Waals surface area (Å²) in [5.41, 5.74) is -2.66. The van der Waals surface area contributed by atoms with E-state index < -0.39 is 30.4 Å². The normalized spacial score (nSPS) is 13.0. The van der Waals surface area contributed by atoms with Gasteiger partial charge in [0.25, 0.3) is 0 Å². The molecule has 0 aromatic heterocycles. The lowest BCUT2D eigenvalue weighted by Gasteiger charge is -2.34. The van der Waals surface area contributed by atoms with Crippen LogP contribution in [0.4, 0.5) is 13.2 Å². The van der Waals surface area contributed by atoms with Gasteiger partial charge in [-0.15, -0.1) is 0 Å². The van der Waals surface area contributed by atoms with Gasteiger partial charge in [-0.2, -0.15) is 21.6 Å². The minimum absolute atomic E-state index is 0.414. The molecule has 31 heavy (non-hydrogen) atoms. The molecule has 164 valence electrons. The molecule has 0 N–H and O–H groups in total. The molecular formula is C23H23F3O3SSi. The lowest BCUT2D eigenvalue weighted by molar-refractivity contribution is -0.0500. The number of hydrogen-bond acceptors (Lipinski definition) is 3. The van der Waals surface area contributed by atoms with Crippen LogP contribution in [-0.2, 0) is 33.3 Å². The molecule has 0 aliphatic rings. The van der Waals surface area contributed by atoms with Gasteiger partial charge in [0.2, 0.25) is 0 Å². The molecule has 0 unspecified atom stereocenters. The Morgan fingerprint density at radius 3 is 1.26 bits per heavy atom. The summed E-state index contributed by atoms with van der Waals surface area (Å²) < 4.78 is 67.2. The Balaban J connectivity index is 2.02. The van der Waals surface area contributed by atoms with Crippen molar-refractivity contribution in [3.05, 3.63) is 108 Å². The second kappa shape index (κ2) is 9.80. The molecule has 0 spiro atoms. The molecule has 8 heteroatoms. The average molecular weight is 465 g/mol. The molecular weight excluding hydrogens is 441 g/mol. The van der Waals surface area contributed by atoms with Crippen LogP contribution in [0.5, 0.6) is 0 Å². The lowest BCUT2D eigenvalue weighted by Crippen LogP contribution is -2.35. The van der Waals surface area contributed by atoms with E-state index in [-0.39, 0.29) is 0 Å². The summed E-state index contributed by atoms with van der Waals surface area (Å²) >= 11 is 0. The van der Waals surface area contributed by atoms with Crippen LogP contribution in [0.1, 0.15) is 16.7 Å². The molecule has 0 saturated carbocycles. The molecule has 0 bridgehead atoms. The highest BCUT2D eigenvalue weighted by Gasteiger charge is 2.48. The van der Waals surface area contributed by atoms with Crippen molar-refractivity contribution in [2.45, 2.75) is 29.8 Å². The topological polar surface area (TPSA) is 43.4 Å². The highest BCUT2D eigenvalue weighted by molar-refractivity contribution is 7.88. The van der Waals surface area contributed by atoms with E-state index in [1.165, 1.54) is 0 Å². The molecule has 0 heterocycles. The van der Waals surface area contributed by atoms with Crippen LogP contribution in [0, 0.1) is 0 Å². The summed E-state index contributed by atoms with van der Waals surface area (Å²) in [6.45, 7) is 0. The third-order valence-corrected chi connectivity index (χ3v) is 8.71. The van der Waals surface area contributed by atoms with Gasteiger partial charge in [-0.25, -0.2) is 0 Å². The highest BCUT2D eigenvalue weighted by atomic mass is 32.2. The van der Waals surface area contributed by atoms with E-state index in [4.69, 9.17) is 3.87 Å². The number of halogens is 3. The zero-order valence-corrected chi connectivity index (χ0v) is 19.0. The van der Waals surface area contributed by atoms with Crippen LogP contribution in [0.2, 0.25) is 5.04 Å². The predicted octanol–water partition coefficient (Wildman–Crippen LogP) is 4.82. The Bertz CT molecular complexity index is 956. The maximum Gasteiger partial charge on any atom is 0.522 e. The van der Waals surface area contributed by atoms with Gasteiger partial charge in [-0.3, -0.25) is 0 Å². The van der Waals surface area contributed by atoms with Crippen LogP contribution in [0.25, 0.3) is 0 Å². The van der Waals surface area contributed by atoms with Crippen molar-refractivity contribution in [3.63, 3.8) is 0 Å². The third kappa shape index (κ3) is 6.53. The predicted molar refractivity (Wildman–Crippen MR) is 118 cm³/mol. The maximum atomic E-state index is 13.0. The molecule has 0 radical (unpaired) electrons. The summed E-state index contributed by atoms with van der Waals surface area (Å²) in [5.74, 6) is 0. The van der Waals surface area contributed by atoms with Gasteiger partial charge in [0.05, 0.1) is 0 Å². The van der Waals surface area contributed by atoms with Crippen molar-refractivity contribution in [1.82, 2.24) is 0 Å². The molecule has 0 amide bonds. The second-order valence-corrected chi connectivity index (χ2v) is 11.8.